The average molecular weight is 586 g/mol. The van der Waals surface area contributed by atoms with Crippen LogP contribution in [0.3, 0.4) is 0 Å². The molecule has 2 aliphatic rings. The second-order valence-corrected chi connectivity index (χ2v) is 11.1. The summed E-state index contributed by atoms with van der Waals surface area (Å²) in [5.41, 5.74) is 4.85. The number of aromatic nitrogens is 3. The van der Waals surface area contributed by atoms with E-state index in [-0.39, 0.29) is 0 Å². The SMILES string of the molecule is COc1cc(/C=N\Nc2nc(N3CCCCC3)nc(N3CCCCC3)n2)cc(Cl)c1OCc1cccc2ccccc12. The molecule has 6 rings (SSSR count). The van der Waals surface area contributed by atoms with E-state index in [1.165, 1.54) is 18.2 Å². The Morgan fingerprint density at radius 1 is 0.857 bits per heavy atom. The van der Waals surface area contributed by atoms with Crippen LogP contribution >= 0.6 is 11.6 Å². The molecule has 1 aromatic heterocycles. The standard InChI is InChI=1S/C32H36ClN7O2/c1-41-28-20-23(19-27(33)29(28)42-22-25-13-10-12-24-11-4-5-14-26(24)25)21-34-38-30-35-31(39-15-6-2-7-16-39)37-32(36-30)40-17-8-3-9-18-40/h4-5,10-14,19-21H,2-3,6-9,15-18,22H2,1H3,(H,35,36,37,38)/b34-21-. The predicted molar refractivity (Wildman–Crippen MR) is 169 cm³/mol. The van der Waals surface area contributed by atoms with Crippen molar-refractivity contribution < 1.29 is 9.47 Å². The van der Waals surface area contributed by atoms with E-state index in [0.717, 1.165) is 68.4 Å². The lowest BCUT2D eigenvalue weighted by atomic mass is 10.1. The number of anilines is 3. The fraction of sp³-hybridized carbons (Fsp3) is 0.375. The maximum Gasteiger partial charge on any atom is 0.250 e. The summed E-state index contributed by atoms with van der Waals surface area (Å²) in [4.78, 5) is 18.7. The first-order valence-corrected chi connectivity index (χ1v) is 15.1. The zero-order chi connectivity index (χ0) is 28.7. The molecular formula is C32H36ClN7O2. The molecule has 0 saturated carbocycles. The van der Waals surface area contributed by atoms with Crippen LogP contribution in [0.1, 0.15) is 49.7 Å². The molecule has 4 aromatic rings. The van der Waals surface area contributed by atoms with E-state index >= 15 is 0 Å². The minimum atomic E-state index is 0.366. The van der Waals surface area contributed by atoms with Crippen LogP contribution in [-0.2, 0) is 6.61 Å². The van der Waals surface area contributed by atoms with Crippen LogP contribution in [0.25, 0.3) is 10.8 Å². The molecule has 0 unspecified atom stereocenters. The molecule has 0 bridgehead atoms. The van der Waals surface area contributed by atoms with Gasteiger partial charge in [0.1, 0.15) is 6.61 Å². The highest BCUT2D eigenvalue weighted by atomic mass is 35.5. The number of hydrazone groups is 1. The number of nitrogens with one attached hydrogen (secondary N) is 1. The number of piperidine rings is 2. The van der Waals surface area contributed by atoms with Gasteiger partial charge >= 0.3 is 0 Å². The summed E-state index contributed by atoms with van der Waals surface area (Å²) in [5.74, 6) is 2.87. The van der Waals surface area contributed by atoms with E-state index in [2.05, 4.69) is 44.6 Å². The molecule has 2 fully saturated rings. The summed E-state index contributed by atoms with van der Waals surface area (Å²) < 4.78 is 11.8. The van der Waals surface area contributed by atoms with E-state index in [0.29, 0.717) is 41.0 Å². The van der Waals surface area contributed by atoms with Crippen molar-refractivity contribution in [2.75, 3.05) is 48.5 Å². The molecule has 2 saturated heterocycles. The van der Waals surface area contributed by atoms with E-state index in [1.807, 2.05) is 24.3 Å². The molecule has 3 aromatic carbocycles. The molecule has 0 amide bonds. The van der Waals surface area contributed by atoms with Crippen molar-refractivity contribution in [2.45, 2.75) is 45.1 Å². The lowest BCUT2D eigenvalue weighted by Crippen LogP contribution is -2.34. The van der Waals surface area contributed by atoms with Crippen LogP contribution in [0.5, 0.6) is 11.5 Å². The Morgan fingerprint density at radius 2 is 1.52 bits per heavy atom. The number of ether oxygens (including phenoxy) is 2. The fourth-order valence-electron chi connectivity index (χ4n) is 5.56. The Labute approximate surface area is 251 Å². The third kappa shape index (κ3) is 6.51. The number of benzene rings is 3. The van der Waals surface area contributed by atoms with Crippen molar-refractivity contribution in [2.24, 2.45) is 5.10 Å². The van der Waals surface area contributed by atoms with E-state index < -0.39 is 0 Å². The maximum absolute atomic E-state index is 6.68. The summed E-state index contributed by atoms with van der Waals surface area (Å²) in [7, 11) is 1.60. The Balaban J connectivity index is 1.19. The van der Waals surface area contributed by atoms with Crippen LogP contribution in [0.15, 0.2) is 59.7 Å². The van der Waals surface area contributed by atoms with E-state index in [1.54, 1.807) is 19.4 Å². The van der Waals surface area contributed by atoms with Crippen LogP contribution in [0.2, 0.25) is 5.02 Å². The first kappa shape index (κ1) is 28.0. The highest BCUT2D eigenvalue weighted by Gasteiger charge is 2.20. The molecule has 9 nitrogen and oxygen atoms in total. The van der Waals surface area contributed by atoms with Crippen LogP contribution in [0.4, 0.5) is 17.8 Å². The van der Waals surface area contributed by atoms with Crippen molar-refractivity contribution >= 4 is 46.4 Å². The highest BCUT2D eigenvalue weighted by Crippen LogP contribution is 2.37. The highest BCUT2D eigenvalue weighted by molar-refractivity contribution is 6.32. The van der Waals surface area contributed by atoms with Gasteiger partial charge in [-0.1, -0.05) is 54.1 Å². The Morgan fingerprint density at radius 3 is 2.21 bits per heavy atom. The zero-order valence-corrected chi connectivity index (χ0v) is 24.7. The third-order valence-electron chi connectivity index (χ3n) is 7.77. The summed E-state index contributed by atoms with van der Waals surface area (Å²) in [5, 5.41) is 7.19. The first-order valence-electron chi connectivity index (χ1n) is 14.7. The van der Waals surface area contributed by atoms with Gasteiger partial charge in [0.15, 0.2) is 11.5 Å². The van der Waals surface area contributed by atoms with Gasteiger partial charge in [-0.3, -0.25) is 0 Å². The van der Waals surface area contributed by atoms with Crippen LogP contribution in [0, 0.1) is 0 Å². The van der Waals surface area contributed by atoms with Gasteiger partial charge in [-0.2, -0.15) is 20.1 Å². The molecule has 10 heteroatoms. The molecule has 0 atom stereocenters. The summed E-state index contributed by atoms with van der Waals surface area (Å²) >= 11 is 6.68. The van der Waals surface area contributed by atoms with Crippen molar-refractivity contribution in [3.05, 3.63) is 70.7 Å². The van der Waals surface area contributed by atoms with E-state index in [4.69, 9.17) is 36.0 Å². The molecule has 2 aliphatic heterocycles. The molecule has 1 N–H and O–H groups in total. The quantitative estimate of drug-likeness (QED) is 0.172. The summed E-state index contributed by atoms with van der Waals surface area (Å²) in [6.07, 6.45) is 8.76. The lowest BCUT2D eigenvalue weighted by Gasteiger charge is -2.30. The normalized spacial score (nSPS) is 15.8. The van der Waals surface area contributed by atoms with Gasteiger partial charge in [-0.05, 0) is 72.6 Å². The predicted octanol–water partition coefficient (Wildman–Crippen LogP) is 6.69. The monoisotopic (exact) mass is 585 g/mol. The summed E-state index contributed by atoms with van der Waals surface area (Å²) in [6, 6.07) is 18.1. The number of hydrogen-bond donors (Lipinski definition) is 1. The van der Waals surface area contributed by atoms with Gasteiger partial charge in [0.05, 0.1) is 18.3 Å². The van der Waals surface area contributed by atoms with E-state index in [9.17, 15) is 0 Å². The van der Waals surface area contributed by atoms with Gasteiger partial charge in [0, 0.05) is 26.2 Å². The Hall–Kier alpha value is -4.11. The second-order valence-electron chi connectivity index (χ2n) is 10.7. The second kappa shape index (κ2) is 13.2. The molecule has 42 heavy (non-hydrogen) atoms. The Bertz CT molecular complexity index is 1510. The molecule has 0 radical (unpaired) electrons. The number of halogens is 1. The smallest absolute Gasteiger partial charge is 0.250 e. The van der Waals surface area contributed by atoms with Crippen molar-refractivity contribution in [3.8, 4) is 11.5 Å². The minimum absolute atomic E-state index is 0.366. The lowest BCUT2D eigenvalue weighted by molar-refractivity contribution is 0.286. The molecular weight excluding hydrogens is 550 g/mol. The maximum atomic E-state index is 6.68. The number of nitrogens with zero attached hydrogens (tertiary/aromatic N) is 6. The molecule has 3 heterocycles. The summed E-state index contributed by atoms with van der Waals surface area (Å²) in [6.45, 7) is 4.20. The molecule has 0 spiro atoms. The third-order valence-corrected chi connectivity index (χ3v) is 8.05. The van der Waals surface area contributed by atoms with Crippen molar-refractivity contribution in [1.82, 2.24) is 15.0 Å². The fourth-order valence-corrected chi connectivity index (χ4v) is 5.84. The number of methoxy groups -OCH3 is 1. The molecule has 218 valence electrons. The Kier molecular flexibility index (Phi) is 8.84. The number of rotatable bonds is 9. The van der Waals surface area contributed by atoms with Crippen LogP contribution < -0.4 is 24.7 Å². The topological polar surface area (TPSA) is 88.0 Å². The zero-order valence-electron chi connectivity index (χ0n) is 23.9. The molecule has 0 aliphatic carbocycles. The van der Waals surface area contributed by atoms with Crippen LogP contribution in [-0.4, -0.2) is 54.5 Å². The minimum Gasteiger partial charge on any atom is -0.493 e. The number of fused-ring (bicyclic) bond motifs is 1. The number of hydrogen-bond acceptors (Lipinski definition) is 9. The van der Waals surface area contributed by atoms with Crippen molar-refractivity contribution in [1.29, 1.82) is 0 Å². The van der Waals surface area contributed by atoms with Gasteiger partial charge < -0.3 is 19.3 Å². The van der Waals surface area contributed by atoms with Gasteiger partial charge in [-0.25, -0.2) is 5.43 Å². The van der Waals surface area contributed by atoms with Gasteiger partial charge in [-0.15, -0.1) is 0 Å². The first-order chi connectivity index (χ1) is 20.7. The van der Waals surface area contributed by atoms with Gasteiger partial charge in [0.25, 0.3) is 0 Å². The average Bonchev–Trinajstić information content (AvgIpc) is 3.04. The van der Waals surface area contributed by atoms with Gasteiger partial charge in [0.2, 0.25) is 17.8 Å². The largest absolute Gasteiger partial charge is 0.493 e. The van der Waals surface area contributed by atoms with Crippen molar-refractivity contribution in [3.63, 3.8) is 0 Å².